The van der Waals surface area contributed by atoms with Crippen LogP contribution < -0.4 is 0 Å². The lowest BCUT2D eigenvalue weighted by atomic mass is 9.92. The van der Waals surface area contributed by atoms with Crippen molar-refractivity contribution >= 4 is 33.0 Å². The van der Waals surface area contributed by atoms with Gasteiger partial charge in [-0.25, -0.2) is 0 Å². The number of thiophene rings is 1. The monoisotopic (exact) mass is 331 g/mol. The van der Waals surface area contributed by atoms with Crippen molar-refractivity contribution in [3.8, 4) is 0 Å². The van der Waals surface area contributed by atoms with E-state index in [1.54, 1.807) is 0 Å². The van der Waals surface area contributed by atoms with Crippen molar-refractivity contribution in [2.45, 2.75) is 25.9 Å². The molecule has 0 aliphatic carbocycles. The summed E-state index contributed by atoms with van der Waals surface area (Å²) in [6, 6.07) is 3.79. The predicted molar refractivity (Wildman–Crippen MR) is 77.2 cm³/mol. The normalized spacial score (nSPS) is 19.9. The largest absolute Gasteiger partial charge is 0.393 e. The molecule has 0 radical (unpaired) electrons. The minimum Gasteiger partial charge on any atom is -0.393 e. The molecule has 1 unspecified atom stereocenters. The Balaban J connectivity index is 1.83. The van der Waals surface area contributed by atoms with Crippen LogP contribution in [0.25, 0.3) is 0 Å². The summed E-state index contributed by atoms with van der Waals surface area (Å²) in [5, 5.41) is 9.54. The molecule has 2 rings (SSSR count). The van der Waals surface area contributed by atoms with Crippen LogP contribution in [0.3, 0.4) is 0 Å². The van der Waals surface area contributed by atoms with Crippen molar-refractivity contribution in [3.63, 3.8) is 0 Å². The van der Waals surface area contributed by atoms with Crippen LogP contribution in [0.15, 0.2) is 15.9 Å². The molecule has 1 aromatic rings. The lowest BCUT2D eigenvalue weighted by Crippen LogP contribution is -2.39. The van der Waals surface area contributed by atoms with Crippen LogP contribution in [0.5, 0.6) is 0 Å². The molecule has 1 fully saturated rings. The Morgan fingerprint density at radius 1 is 1.56 bits per heavy atom. The van der Waals surface area contributed by atoms with Crippen molar-refractivity contribution in [1.82, 2.24) is 4.90 Å². The number of aliphatic hydroxyl groups excluding tert-OH is 1. The predicted octanol–water partition coefficient (Wildman–Crippen LogP) is 2.79. The fraction of sp³-hybridized carbons (Fsp3) is 0.615. The number of nitrogens with zero attached hydrogens (tertiary/aromatic N) is 1. The van der Waals surface area contributed by atoms with Gasteiger partial charge >= 0.3 is 0 Å². The number of halogens is 1. The maximum Gasteiger partial charge on any atom is 0.186 e. The number of carbonyl (C=O) groups is 1. The SMILES string of the molecule is CC(O)C1CCN(CC(=O)c2ccc(Br)s2)CC1. The van der Waals surface area contributed by atoms with E-state index in [9.17, 15) is 9.90 Å². The number of Topliss-reactive ketones (excluding diaryl/α,β-unsaturated/α-hetero) is 1. The fourth-order valence-corrected chi connectivity index (χ4v) is 3.65. The van der Waals surface area contributed by atoms with E-state index < -0.39 is 0 Å². The Kier molecular flexibility index (Phi) is 4.95. The van der Waals surface area contributed by atoms with Crippen LogP contribution >= 0.6 is 27.3 Å². The zero-order chi connectivity index (χ0) is 13.1. The van der Waals surface area contributed by atoms with E-state index in [-0.39, 0.29) is 11.9 Å². The summed E-state index contributed by atoms with van der Waals surface area (Å²) in [6.07, 6.45) is 1.74. The highest BCUT2D eigenvalue weighted by Gasteiger charge is 2.24. The van der Waals surface area contributed by atoms with Crippen molar-refractivity contribution < 1.29 is 9.90 Å². The van der Waals surface area contributed by atoms with Crippen LogP contribution in [0.2, 0.25) is 0 Å². The molecule has 5 heteroatoms. The molecule has 1 aliphatic heterocycles. The van der Waals surface area contributed by atoms with Crippen molar-refractivity contribution in [2.24, 2.45) is 5.92 Å². The van der Waals surface area contributed by atoms with E-state index in [0.717, 1.165) is 34.6 Å². The number of rotatable bonds is 4. The highest BCUT2D eigenvalue weighted by atomic mass is 79.9. The molecule has 0 spiro atoms. The first-order valence-electron chi connectivity index (χ1n) is 6.25. The molecule has 2 heterocycles. The van der Waals surface area contributed by atoms with Gasteiger partial charge < -0.3 is 5.11 Å². The first-order valence-corrected chi connectivity index (χ1v) is 7.86. The number of carbonyl (C=O) groups excluding carboxylic acids is 1. The Morgan fingerprint density at radius 2 is 2.22 bits per heavy atom. The molecular weight excluding hydrogens is 314 g/mol. The van der Waals surface area contributed by atoms with Crippen LogP contribution in [-0.4, -0.2) is 41.5 Å². The molecule has 100 valence electrons. The molecule has 0 saturated carbocycles. The van der Waals surface area contributed by atoms with Gasteiger partial charge in [0.05, 0.1) is 21.3 Å². The summed E-state index contributed by atoms with van der Waals surface area (Å²) in [4.78, 5) is 15.0. The Bertz CT molecular complexity index is 411. The lowest BCUT2D eigenvalue weighted by Gasteiger charge is -2.32. The summed E-state index contributed by atoms with van der Waals surface area (Å²) in [5.74, 6) is 0.591. The van der Waals surface area contributed by atoms with Gasteiger partial charge in [-0.15, -0.1) is 11.3 Å². The lowest BCUT2D eigenvalue weighted by molar-refractivity contribution is 0.0666. The number of likely N-dealkylation sites (tertiary alicyclic amines) is 1. The standard InChI is InChI=1S/C13H18BrNO2S/c1-9(16)10-4-6-15(7-5-10)8-11(17)12-2-3-13(14)18-12/h2-3,9-10,16H,4-8H2,1H3. The van der Waals surface area contributed by atoms with E-state index in [0.29, 0.717) is 12.5 Å². The second-order valence-corrected chi connectivity index (χ2v) is 7.34. The Labute approximate surface area is 120 Å². The minimum absolute atomic E-state index is 0.196. The Morgan fingerprint density at radius 3 is 2.72 bits per heavy atom. The van der Waals surface area contributed by atoms with Gasteiger partial charge in [-0.3, -0.25) is 9.69 Å². The molecule has 0 bridgehead atoms. The zero-order valence-electron chi connectivity index (χ0n) is 10.4. The van der Waals surface area contributed by atoms with E-state index in [1.165, 1.54) is 11.3 Å². The summed E-state index contributed by atoms with van der Waals surface area (Å²) in [6.45, 7) is 4.18. The van der Waals surface area contributed by atoms with Gasteiger partial charge in [0.2, 0.25) is 0 Å². The third-order valence-corrected chi connectivity index (χ3v) is 5.19. The van der Waals surface area contributed by atoms with E-state index in [4.69, 9.17) is 0 Å². The summed E-state index contributed by atoms with van der Waals surface area (Å²) < 4.78 is 0.999. The second-order valence-electron chi connectivity index (χ2n) is 4.88. The fourth-order valence-electron chi connectivity index (χ4n) is 2.34. The molecule has 0 aromatic carbocycles. The number of hydrogen-bond acceptors (Lipinski definition) is 4. The molecule has 1 aromatic heterocycles. The van der Waals surface area contributed by atoms with Crippen molar-refractivity contribution in [2.75, 3.05) is 19.6 Å². The van der Waals surface area contributed by atoms with E-state index >= 15 is 0 Å². The van der Waals surface area contributed by atoms with E-state index in [1.807, 2.05) is 19.1 Å². The van der Waals surface area contributed by atoms with E-state index in [2.05, 4.69) is 20.8 Å². The van der Waals surface area contributed by atoms with Crippen molar-refractivity contribution in [1.29, 1.82) is 0 Å². The Hall–Kier alpha value is -0.230. The number of piperidine rings is 1. The average molecular weight is 332 g/mol. The van der Waals surface area contributed by atoms with Crippen LogP contribution in [0.4, 0.5) is 0 Å². The molecule has 0 amide bonds. The van der Waals surface area contributed by atoms with Crippen LogP contribution in [0, 0.1) is 5.92 Å². The molecule has 3 nitrogen and oxygen atoms in total. The van der Waals surface area contributed by atoms with Crippen LogP contribution in [-0.2, 0) is 0 Å². The highest BCUT2D eigenvalue weighted by molar-refractivity contribution is 9.11. The molecule has 1 saturated heterocycles. The molecule has 1 N–H and O–H groups in total. The average Bonchev–Trinajstić information content (AvgIpc) is 2.76. The number of hydrogen-bond donors (Lipinski definition) is 1. The van der Waals surface area contributed by atoms with Gasteiger partial charge in [0.1, 0.15) is 0 Å². The van der Waals surface area contributed by atoms with Gasteiger partial charge in [0.25, 0.3) is 0 Å². The van der Waals surface area contributed by atoms with Crippen molar-refractivity contribution in [3.05, 3.63) is 20.8 Å². The minimum atomic E-state index is -0.226. The smallest absolute Gasteiger partial charge is 0.186 e. The molecule has 1 atom stereocenters. The number of ketones is 1. The molecule has 1 aliphatic rings. The molecular formula is C13H18BrNO2S. The third-order valence-electron chi connectivity index (χ3n) is 3.53. The van der Waals surface area contributed by atoms with Gasteiger partial charge in [-0.05, 0) is 66.8 Å². The topological polar surface area (TPSA) is 40.5 Å². The van der Waals surface area contributed by atoms with Gasteiger partial charge in [0.15, 0.2) is 5.78 Å². The quantitative estimate of drug-likeness (QED) is 0.862. The summed E-state index contributed by atoms with van der Waals surface area (Å²) in [7, 11) is 0. The maximum absolute atomic E-state index is 12.0. The first-order chi connectivity index (χ1) is 8.56. The second kappa shape index (κ2) is 6.28. The van der Waals surface area contributed by atoms with Gasteiger partial charge in [-0.1, -0.05) is 0 Å². The third kappa shape index (κ3) is 3.63. The maximum atomic E-state index is 12.0. The molecule has 18 heavy (non-hydrogen) atoms. The summed E-state index contributed by atoms with van der Waals surface area (Å²) in [5.41, 5.74) is 0. The zero-order valence-corrected chi connectivity index (χ0v) is 12.8. The van der Waals surface area contributed by atoms with Gasteiger partial charge in [-0.2, -0.15) is 0 Å². The highest BCUT2D eigenvalue weighted by Crippen LogP contribution is 2.24. The number of aliphatic hydroxyl groups is 1. The summed E-state index contributed by atoms with van der Waals surface area (Å²) >= 11 is 4.86. The van der Waals surface area contributed by atoms with Crippen LogP contribution in [0.1, 0.15) is 29.4 Å². The van der Waals surface area contributed by atoms with Gasteiger partial charge in [0, 0.05) is 0 Å². The first kappa shape index (κ1) is 14.2.